The molecule has 2 rings (SSSR count). The minimum absolute atomic E-state index is 0.791. The summed E-state index contributed by atoms with van der Waals surface area (Å²) in [6.07, 6.45) is 7.10. The van der Waals surface area contributed by atoms with Crippen LogP contribution in [0.3, 0.4) is 0 Å². The van der Waals surface area contributed by atoms with Crippen LogP contribution in [0.5, 0.6) is 0 Å². The predicted octanol–water partition coefficient (Wildman–Crippen LogP) is 1.61. The fraction of sp³-hybridized carbons (Fsp3) is 1.00. The first kappa shape index (κ1) is 9.47. The molecule has 2 fully saturated rings. The van der Waals surface area contributed by atoms with Crippen LogP contribution in [0, 0.1) is 0 Å². The highest BCUT2D eigenvalue weighted by Gasteiger charge is 2.31. The highest BCUT2D eigenvalue weighted by Crippen LogP contribution is 2.26. The van der Waals surface area contributed by atoms with E-state index in [0.29, 0.717) is 0 Å². The second kappa shape index (κ2) is 4.43. The van der Waals surface area contributed by atoms with Crippen LogP contribution in [0.4, 0.5) is 0 Å². The van der Waals surface area contributed by atoms with Crippen LogP contribution in [0.2, 0.25) is 0 Å². The minimum Gasteiger partial charge on any atom is -0.313 e. The maximum Gasteiger partial charge on any atom is 0.0249 e. The molecule has 2 heterocycles. The van der Waals surface area contributed by atoms with Gasteiger partial charge in [0.25, 0.3) is 0 Å². The molecule has 0 saturated carbocycles. The number of piperidine rings is 2. The molecule has 2 aliphatic heterocycles. The highest BCUT2D eigenvalue weighted by molar-refractivity contribution is 4.90. The molecule has 13 heavy (non-hydrogen) atoms. The molecule has 2 nitrogen and oxygen atoms in total. The van der Waals surface area contributed by atoms with Crippen LogP contribution in [-0.4, -0.2) is 36.6 Å². The zero-order valence-corrected chi connectivity index (χ0v) is 8.76. The largest absolute Gasteiger partial charge is 0.313 e. The average Bonchev–Trinajstić information content (AvgIpc) is 2.19. The van der Waals surface area contributed by atoms with Crippen LogP contribution in [0.25, 0.3) is 0 Å². The van der Waals surface area contributed by atoms with E-state index in [2.05, 4.69) is 17.1 Å². The van der Waals surface area contributed by atoms with Crippen molar-refractivity contribution in [1.82, 2.24) is 10.2 Å². The zero-order valence-electron chi connectivity index (χ0n) is 8.76. The summed E-state index contributed by atoms with van der Waals surface area (Å²) in [7, 11) is 0. The molecule has 2 saturated heterocycles. The molecule has 76 valence electrons. The summed E-state index contributed by atoms with van der Waals surface area (Å²) >= 11 is 0. The fourth-order valence-electron chi connectivity index (χ4n) is 2.96. The standard InChI is InChI=1S/C11H22N2/c1-2-12-10-6-5-9-13-8-4-3-7-11(10)13/h10-12H,2-9H2,1H3. The molecule has 0 amide bonds. The Bertz CT molecular complexity index is 154. The van der Waals surface area contributed by atoms with E-state index >= 15 is 0 Å². The third-order valence-electron chi connectivity index (χ3n) is 3.56. The van der Waals surface area contributed by atoms with E-state index in [1.165, 1.54) is 45.2 Å². The molecule has 1 N–H and O–H groups in total. The van der Waals surface area contributed by atoms with E-state index in [-0.39, 0.29) is 0 Å². The van der Waals surface area contributed by atoms with E-state index in [9.17, 15) is 0 Å². The third-order valence-corrected chi connectivity index (χ3v) is 3.56. The van der Waals surface area contributed by atoms with Crippen molar-refractivity contribution in [1.29, 1.82) is 0 Å². The molecular weight excluding hydrogens is 160 g/mol. The van der Waals surface area contributed by atoms with Gasteiger partial charge in [-0.3, -0.25) is 4.90 Å². The van der Waals surface area contributed by atoms with E-state index in [4.69, 9.17) is 0 Å². The lowest BCUT2D eigenvalue weighted by atomic mass is 9.89. The molecule has 2 unspecified atom stereocenters. The topological polar surface area (TPSA) is 15.3 Å². The average molecular weight is 182 g/mol. The van der Waals surface area contributed by atoms with Crippen molar-refractivity contribution in [3.8, 4) is 0 Å². The minimum atomic E-state index is 0.791. The molecule has 2 atom stereocenters. The van der Waals surface area contributed by atoms with Crippen molar-refractivity contribution < 1.29 is 0 Å². The van der Waals surface area contributed by atoms with Crippen LogP contribution in [0.1, 0.15) is 39.0 Å². The monoisotopic (exact) mass is 182 g/mol. The van der Waals surface area contributed by atoms with Gasteiger partial charge in [-0.2, -0.15) is 0 Å². The number of hydrogen-bond acceptors (Lipinski definition) is 2. The lowest BCUT2D eigenvalue weighted by Crippen LogP contribution is -2.55. The Balaban J connectivity index is 1.94. The van der Waals surface area contributed by atoms with Gasteiger partial charge in [0.1, 0.15) is 0 Å². The number of nitrogens with zero attached hydrogens (tertiary/aromatic N) is 1. The summed E-state index contributed by atoms with van der Waals surface area (Å²) in [4.78, 5) is 2.71. The van der Waals surface area contributed by atoms with Gasteiger partial charge in [-0.1, -0.05) is 13.3 Å². The lowest BCUT2D eigenvalue weighted by Gasteiger charge is -2.44. The summed E-state index contributed by atoms with van der Waals surface area (Å²) in [6, 6.07) is 1.65. The van der Waals surface area contributed by atoms with Gasteiger partial charge in [-0.05, 0) is 45.3 Å². The fourth-order valence-corrected chi connectivity index (χ4v) is 2.96. The highest BCUT2D eigenvalue weighted by atomic mass is 15.2. The second-order valence-electron chi connectivity index (χ2n) is 4.41. The summed E-state index contributed by atoms with van der Waals surface area (Å²) < 4.78 is 0. The Morgan fingerprint density at radius 2 is 2.00 bits per heavy atom. The van der Waals surface area contributed by atoms with Crippen LogP contribution >= 0.6 is 0 Å². The lowest BCUT2D eigenvalue weighted by molar-refractivity contribution is 0.0783. The maximum absolute atomic E-state index is 3.64. The molecule has 0 aromatic heterocycles. The van der Waals surface area contributed by atoms with Crippen molar-refractivity contribution in [2.24, 2.45) is 0 Å². The van der Waals surface area contributed by atoms with Crippen molar-refractivity contribution in [2.75, 3.05) is 19.6 Å². The van der Waals surface area contributed by atoms with Crippen molar-refractivity contribution >= 4 is 0 Å². The van der Waals surface area contributed by atoms with Crippen molar-refractivity contribution in [3.63, 3.8) is 0 Å². The molecular formula is C11H22N2. The molecule has 2 aliphatic rings. The van der Waals surface area contributed by atoms with Crippen LogP contribution in [0.15, 0.2) is 0 Å². The molecule has 0 spiro atoms. The first-order valence-electron chi connectivity index (χ1n) is 5.89. The second-order valence-corrected chi connectivity index (χ2v) is 4.41. The summed E-state index contributed by atoms with van der Waals surface area (Å²) in [5.41, 5.74) is 0. The van der Waals surface area contributed by atoms with Gasteiger partial charge in [0, 0.05) is 12.1 Å². The van der Waals surface area contributed by atoms with E-state index in [1.807, 2.05) is 0 Å². The van der Waals surface area contributed by atoms with Gasteiger partial charge in [-0.15, -0.1) is 0 Å². The third kappa shape index (κ3) is 2.05. The first-order valence-corrected chi connectivity index (χ1v) is 5.89. The Morgan fingerprint density at radius 3 is 2.85 bits per heavy atom. The molecule has 0 bridgehead atoms. The number of likely N-dealkylation sites (N-methyl/N-ethyl adjacent to an activating group) is 1. The van der Waals surface area contributed by atoms with Crippen LogP contribution in [-0.2, 0) is 0 Å². The van der Waals surface area contributed by atoms with Crippen molar-refractivity contribution in [3.05, 3.63) is 0 Å². The van der Waals surface area contributed by atoms with E-state index in [0.717, 1.165) is 18.6 Å². The normalized spacial score (nSPS) is 35.8. The maximum atomic E-state index is 3.64. The quantitative estimate of drug-likeness (QED) is 0.698. The van der Waals surface area contributed by atoms with Gasteiger partial charge in [0.2, 0.25) is 0 Å². The molecule has 0 aromatic carbocycles. The summed E-state index contributed by atoms with van der Waals surface area (Å²) in [6.45, 7) is 6.07. The van der Waals surface area contributed by atoms with Gasteiger partial charge in [0.05, 0.1) is 0 Å². The summed E-state index contributed by atoms with van der Waals surface area (Å²) in [5.74, 6) is 0. The van der Waals surface area contributed by atoms with Gasteiger partial charge in [0.15, 0.2) is 0 Å². The first-order chi connectivity index (χ1) is 6.42. The zero-order chi connectivity index (χ0) is 9.10. The van der Waals surface area contributed by atoms with Gasteiger partial charge >= 0.3 is 0 Å². The Labute approximate surface area is 81.7 Å². The number of rotatable bonds is 2. The molecule has 0 aliphatic carbocycles. The number of hydrogen-bond donors (Lipinski definition) is 1. The number of nitrogens with one attached hydrogen (secondary N) is 1. The Morgan fingerprint density at radius 1 is 1.15 bits per heavy atom. The summed E-state index contributed by atoms with van der Waals surface area (Å²) in [5, 5.41) is 3.64. The molecule has 0 aromatic rings. The van der Waals surface area contributed by atoms with E-state index in [1.54, 1.807) is 0 Å². The molecule has 2 heteroatoms. The molecule has 0 radical (unpaired) electrons. The predicted molar refractivity (Wildman–Crippen MR) is 55.9 cm³/mol. The van der Waals surface area contributed by atoms with Gasteiger partial charge in [-0.25, -0.2) is 0 Å². The Kier molecular flexibility index (Phi) is 3.23. The van der Waals surface area contributed by atoms with E-state index < -0.39 is 0 Å². The Hall–Kier alpha value is -0.0800. The smallest absolute Gasteiger partial charge is 0.0249 e. The SMILES string of the molecule is CCNC1CCCN2CCCCC12. The number of fused-ring (bicyclic) bond motifs is 1. The van der Waals surface area contributed by atoms with Crippen LogP contribution < -0.4 is 5.32 Å². The van der Waals surface area contributed by atoms with Gasteiger partial charge < -0.3 is 5.32 Å². The van der Waals surface area contributed by atoms with Crippen molar-refractivity contribution in [2.45, 2.75) is 51.1 Å².